The molecule has 0 unspecified atom stereocenters. The summed E-state index contributed by atoms with van der Waals surface area (Å²) in [6.45, 7) is 4.61. The van der Waals surface area contributed by atoms with Crippen LogP contribution < -0.4 is 24.4 Å². The van der Waals surface area contributed by atoms with Crippen molar-refractivity contribution in [1.82, 2.24) is 4.57 Å². The molecule has 48 heavy (non-hydrogen) atoms. The van der Waals surface area contributed by atoms with Gasteiger partial charge in [0.15, 0.2) is 4.80 Å². The first kappa shape index (κ1) is 34.2. The van der Waals surface area contributed by atoms with Gasteiger partial charge < -0.3 is 14.2 Å². The summed E-state index contributed by atoms with van der Waals surface area (Å²) in [5.74, 6) is 0.766. The highest BCUT2D eigenvalue weighted by Gasteiger charge is 2.35. The number of halogens is 3. The molecule has 0 saturated heterocycles. The van der Waals surface area contributed by atoms with Gasteiger partial charge in [0.05, 0.1) is 38.6 Å². The number of aromatic nitrogens is 1. The van der Waals surface area contributed by atoms with E-state index in [1.807, 2.05) is 104 Å². The number of fused-ring (bicyclic) bond motifs is 1. The van der Waals surface area contributed by atoms with Crippen molar-refractivity contribution in [2.75, 3.05) is 13.2 Å². The summed E-state index contributed by atoms with van der Waals surface area (Å²) >= 11 is 13.5. The van der Waals surface area contributed by atoms with Gasteiger partial charge in [-0.15, -0.1) is 0 Å². The molecule has 1 aliphatic rings. The van der Waals surface area contributed by atoms with Gasteiger partial charge in [-0.05, 0) is 78.4 Å². The SMILES string of the molecule is CCOC(=O)C1=C(c2ccccc2)N=c2s/c(=C\c3cc(Br)cc(I)c3OCc3ccccc3Cl)c(=O)n2[C@H]1c1ccc(OCC)cc1. The largest absolute Gasteiger partial charge is 0.494 e. The predicted octanol–water partition coefficient (Wildman–Crippen LogP) is 7.93. The predicted molar refractivity (Wildman–Crippen MR) is 201 cm³/mol. The van der Waals surface area contributed by atoms with Crippen molar-refractivity contribution in [1.29, 1.82) is 0 Å². The highest BCUT2D eigenvalue weighted by molar-refractivity contribution is 14.1. The minimum Gasteiger partial charge on any atom is -0.494 e. The Morgan fingerprint density at radius 2 is 1.73 bits per heavy atom. The molecule has 1 aliphatic heterocycles. The van der Waals surface area contributed by atoms with Crippen LogP contribution >= 0.6 is 61.5 Å². The van der Waals surface area contributed by atoms with Crippen LogP contribution in [0.2, 0.25) is 5.02 Å². The van der Waals surface area contributed by atoms with Gasteiger partial charge in [-0.1, -0.05) is 99.5 Å². The van der Waals surface area contributed by atoms with Crippen LogP contribution in [-0.4, -0.2) is 23.8 Å². The molecule has 0 bridgehead atoms. The summed E-state index contributed by atoms with van der Waals surface area (Å²) in [7, 11) is 0. The van der Waals surface area contributed by atoms with E-state index in [0.717, 1.165) is 24.7 Å². The van der Waals surface area contributed by atoms with Gasteiger partial charge in [0, 0.05) is 26.2 Å². The lowest BCUT2D eigenvalue weighted by molar-refractivity contribution is -0.138. The molecule has 244 valence electrons. The third-order valence-corrected chi connectivity index (χ3v) is 10.1. The molecule has 0 aliphatic carbocycles. The van der Waals surface area contributed by atoms with Crippen molar-refractivity contribution in [3.8, 4) is 11.5 Å². The van der Waals surface area contributed by atoms with Gasteiger partial charge in [0.2, 0.25) is 0 Å². The monoisotopic (exact) mass is 854 g/mol. The number of carbonyl (C=O) groups is 1. The van der Waals surface area contributed by atoms with Crippen LogP contribution in [0.3, 0.4) is 0 Å². The van der Waals surface area contributed by atoms with E-state index >= 15 is 0 Å². The number of nitrogens with zero attached hydrogens (tertiary/aromatic N) is 2. The summed E-state index contributed by atoms with van der Waals surface area (Å²) in [5.41, 5.74) is 3.46. The Hall–Kier alpha value is -3.71. The van der Waals surface area contributed by atoms with Crippen molar-refractivity contribution in [3.05, 3.63) is 152 Å². The Labute approximate surface area is 308 Å². The van der Waals surface area contributed by atoms with Crippen LogP contribution in [0.1, 0.15) is 42.1 Å². The fourth-order valence-electron chi connectivity index (χ4n) is 5.42. The molecule has 1 aromatic heterocycles. The topological polar surface area (TPSA) is 79.1 Å². The first-order valence-corrected chi connectivity index (χ1v) is 18.2. The molecule has 0 N–H and O–H groups in total. The van der Waals surface area contributed by atoms with Gasteiger partial charge in [0.1, 0.15) is 18.1 Å². The molecule has 5 aromatic rings. The number of carbonyl (C=O) groups excluding carboxylic acids is 1. The maximum atomic E-state index is 14.5. The number of thiazole rings is 1. The van der Waals surface area contributed by atoms with Gasteiger partial charge in [-0.2, -0.15) is 0 Å². The van der Waals surface area contributed by atoms with Crippen molar-refractivity contribution < 1.29 is 19.0 Å². The van der Waals surface area contributed by atoms with Gasteiger partial charge in [-0.25, -0.2) is 9.79 Å². The standard InChI is InChI=1S/C37H29BrClIN2O5S/c1-3-45-27-16-14-23(15-17-27)33-31(36(44)46-4-2)32(22-10-6-5-7-11-22)41-37-42(33)35(43)30(48-37)19-25-18-26(38)20-29(40)34(25)47-21-24-12-8-9-13-28(24)39/h5-20,33H,3-4,21H2,1-2H3/b30-19-/t33-/m0/s1. The van der Waals surface area contributed by atoms with E-state index in [9.17, 15) is 9.59 Å². The Morgan fingerprint density at radius 1 is 1.00 bits per heavy atom. The zero-order chi connectivity index (χ0) is 33.8. The van der Waals surface area contributed by atoms with E-state index in [1.165, 1.54) is 11.3 Å². The van der Waals surface area contributed by atoms with E-state index < -0.39 is 12.0 Å². The van der Waals surface area contributed by atoms with E-state index in [0.29, 0.717) is 43.7 Å². The summed E-state index contributed by atoms with van der Waals surface area (Å²) in [6.07, 6.45) is 1.81. The molecule has 6 rings (SSSR count). The molecular formula is C37H29BrClIN2O5S. The molecule has 0 spiro atoms. The molecule has 0 radical (unpaired) electrons. The Balaban J connectivity index is 1.56. The molecule has 7 nitrogen and oxygen atoms in total. The van der Waals surface area contributed by atoms with Gasteiger partial charge in [-0.3, -0.25) is 9.36 Å². The molecule has 4 aromatic carbocycles. The highest BCUT2D eigenvalue weighted by atomic mass is 127. The summed E-state index contributed by atoms with van der Waals surface area (Å²) in [4.78, 5) is 33.6. The maximum Gasteiger partial charge on any atom is 0.338 e. The Morgan fingerprint density at radius 3 is 2.44 bits per heavy atom. The molecule has 11 heteroatoms. The van der Waals surface area contributed by atoms with Crippen LogP contribution in [0.4, 0.5) is 0 Å². The molecule has 1 atom stereocenters. The fraction of sp³-hybridized carbons (Fsp3) is 0.162. The van der Waals surface area contributed by atoms with Crippen LogP contribution in [0.5, 0.6) is 11.5 Å². The quantitative estimate of drug-likeness (QED) is 0.105. The molecule has 0 fully saturated rings. The lowest BCUT2D eigenvalue weighted by atomic mass is 9.93. The van der Waals surface area contributed by atoms with Crippen LogP contribution in [-0.2, 0) is 16.1 Å². The lowest BCUT2D eigenvalue weighted by Crippen LogP contribution is -2.40. The van der Waals surface area contributed by atoms with Crippen molar-refractivity contribution in [2.24, 2.45) is 4.99 Å². The third-order valence-electron chi connectivity index (χ3n) is 7.53. The smallest absolute Gasteiger partial charge is 0.338 e. The van der Waals surface area contributed by atoms with Gasteiger partial charge in [0.25, 0.3) is 5.56 Å². The summed E-state index contributed by atoms with van der Waals surface area (Å²) in [5, 5.41) is 0.611. The Kier molecular flexibility index (Phi) is 10.8. The number of benzene rings is 4. The third kappa shape index (κ3) is 7.17. The number of rotatable bonds is 10. The van der Waals surface area contributed by atoms with Crippen molar-refractivity contribution in [2.45, 2.75) is 26.5 Å². The minimum absolute atomic E-state index is 0.170. The number of hydrogen-bond donors (Lipinski definition) is 0. The number of esters is 1. The Bertz CT molecular complexity index is 2200. The van der Waals surface area contributed by atoms with Crippen LogP contribution in [0.25, 0.3) is 11.8 Å². The van der Waals surface area contributed by atoms with Crippen molar-refractivity contribution in [3.63, 3.8) is 0 Å². The first-order chi connectivity index (χ1) is 23.3. The first-order valence-electron chi connectivity index (χ1n) is 15.2. The highest BCUT2D eigenvalue weighted by Crippen LogP contribution is 2.36. The van der Waals surface area contributed by atoms with Crippen molar-refractivity contribution >= 4 is 79.2 Å². The van der Waals surface area contributed by atoms with Gasteiger partial charge >= 0.3 is 5.97 Å². The zero-order valence-corrected chi connectivity index (χ0v) is 31.2. The van der Waals surface area contributed by atoms with Crippen LogP contribution in [0.15, 0.2) is 111 Å². The molecule has 0 amide bonds. The maximum absolute atomic E-state index is 14.5. The average molecular weight is 856 g/mol. The summed E-state index contributed by atoms with van der Waals surface area (Å²) in [6, 6.07) is 27.5. The second-order valence-electron chi connectivity index (χ2n) is 10.6. The van der Waals surface area contributed by atoms with Crippen LogP contribution in [0, 0.1) is 3.57 Å². The minimum atomic E-state index is -0.799. The zero-order valence-electron chi connectivity index (χ0n) is 25.9. The fourth-order valence-corrected chi connectivity index (χ4v) is 8.30. The van der Waals surface area contributed by atoms with E-state index in [4.69, 9.17) is 30.8 Å². The average Bonchev–Trinajstić information content (AvgIpc) is 3.39. The number of ether oxygens (including phenoxy) is 3. The van der Waals surface area contributed by atoms with E-state index in [1.54, 1.807) is 11.5 Å². The number of hydrogen-bond acceptors (Lipinski definition) is 7. The van der Waals surface area contributed by atoms with E-state index in [2.05, 4.69) is 38.5 Å². The van der Waals surface area contributed by atoms with E-state index in [-0.39, 0.29) is 24.3 Å². The molecule has 2 heterocycles. The second kappa shape index (κ2) is 15.2. The molecule has 0 saturated carbocycles. The lowest BCUT2D eigenvalue weighted by Gasteiger charge is -2.26. The molecular weight excluding hydrogens is 827 g/mol. The normalized spacial score (nSPS) is 14.4. The summed E-state index contributed by atoms with van der Waals surface area (Å²) < 4.78 is 21.3. The second-order valence-corrected chi connectivity index (χ2v) is 14.1.